The third kappa shape index (κ3) is 5.89. The van der Waals surface area contributed by atoms with E-state index >= 15 is 0 Å². The van der Waals surface area contributed by atoms with Crippen molar-refractivity contribution < 1.29 is 22.7 Å². The number of rotatable bonds is 7. The van der Waals surface area contributed by atoms with Crippen LogP contribution in [0.25, 0.3) is 0 Å². The number of methoxy groups -OCH3 is 1. The van der Waals surface area contributed by atoms with Crippen LogP contribution in [0.1, 0.15) is 23.6 Å². The molecule has 1 atom stereocenters. The van der Waals surface area contributed by atoms with E-state index in [4.69, 9.17) is 14.6 Å². The molecular weight excluding hydrogens is 444 g/mol. The van der Waals surface area contributed by atoms with Gasteiger partial charge in [-0.15, -0.1) is 0 Å². The lowest BCUT2D eigenvalue weighted by Crippen LogP contribution is -2.43. The van der Waals surface area contributed by atoms with Gasteiger partial charge in [0.1, 0.15) is 5.75 Å². The Hall–Kier alpha value is -2.95. The molecule has 0 saturated carbocycles. The third-order valence-electron chi connectivity index (χ3n) is 5.63. The minimum Gasteiger partial charge on any atom is -0.497 e. The molecule has 2 aromatic carbocycles. The van der Waals surface area contributed by atoms with Gasteiger partial charge in [0.15, 0.2) is 0 Å². The van der Waals surface area contributed by atoms with Gasteiger partial charge >= 0.3 is 0 Å². The maximum Gasteiger partial charge on any atom is 0.257 e. The van der Waals surface area contributed by atoms with Gasteiger partial charge in [0.25, 0.3) is 5.91 Å². The molecule has 2 heterocycles. The number of ether oxygens (including phenoxy) is 2. The molecule has 0 aliphatic carbocycles. The normalized spacial score (nSPS) is 19.3. The quantitative estimate of drug-likeness (QED) is 0.662. The Labute approximate surface area is 194 Å². The van der Waals surface area contributed by atoms with Gasteiger partial charge in [0.2, 0.25) is 10.0 Å². The Morgan fingerprint density at radius 2 is 1.91 bits per heavy atom. The average Bonchev–Trinajstić information content (AvgIpc) is 3.25. The van der Waals surface area contributed by atoms with E-state index < -0.39 is 10.0 Å². The van der Waals surface area contributed by atoms with E-state index in [-0.39, 0.29) is 18.5 Å². The first-order valence-corrected chi connectivity index (χ1v) is 12.6. The summed E-state index contributed by atoms with van der Waals surface area (Å²) >= 11 is 0. The van der Waals surface area contributed by atoms with Gasteiger partial charge in [0, 0.05) is 25.2 Å². The number of benzene rings is 2. The Morgan fingerprint density at radius 3 is 2.58 bits per heavy atom. The molecule has 2 aromatic rings. The van der Waals surface area contributed by atoms with Crippen molar-refractivity contribution in [2.24, 2.45) is 5.10 Å². The average molecular weight is 473 g/mol. The molecule has 0 aromatic heterocycles. The van der Waals surface area contributed by atoms with E-state index in [1.54, 1.807) is 30.3 Å². The van der Waals surface area contributed by atoms with Crippen LogP contribution in [-0.2, 0) is 19.6 Å². The fourth-order valence-corrected chi connectivity index (χ4v) is 4.55. The highest BCUT2D eigenvalue weighted by molar-refractivity contribution is 7.92. The van der Waals surface area contributed by atoms with E-state index in [9.17, 15) is 13.2 Å². The van der Waals surface area contributed by atoms with E-state index in [2.05, 4.69) is 9.62 Å². The molecule has 2 aliphatic rings. The number of amides is 1. The van der Waals surface area contributed by atoms with Crippen LogP contribution in [0.15, 0.2) is 53.6 Å². The number of hydrogen-bond donors (Lipinski definition) is 1. The number of nitrogens with zero attached hydrogens (tertiary/aromatic N) is 3. The van der Waals surface area contributed by atoms with E-state index in [0.717, 1.165) is 28.8 Å². The van der Waals surface area contributed by atoms with Crippen molar-refractivity contribution in [2.75, 3.05) is 50.9 Å². The molecule has 0 unspecified atom stereocenters. The monoisotopic (exact) mass is 472 g/mol. The van der Waals surface area contributed by atoms with Crippen LogP contribution in [0.2, 0.25) is 0 Å². The highest BCUT2D eigenvalue weighted by atomic mass is 32.2. The molecule has 0 bridgehead atoms. The van der Waals surface area contributed by atoms with Crippen molar-refractivity contribution in [3.8, 4) is 5.75 Å². The highest BCUT2D eigenvalue weighted by Crippen LogP contribution is 2.34. The van der Waals surface area contributed by atoms with Crippen LogP contribution in [-0.4, -0.2) is 76.2 Å². The zero-order valence-corrected chi connectivity index (χ0v) is 19.5. The van der Waals surface area contributed by atoms with Crippen molar-refractivity contribution in [3.05, 3.63) is 59.7 Å². The molecule has 9 nitrogen and oxygen atoms in total. The van der Waals surface area contributed by atoms with Crippen LogP contribution >= 0.6 is 0 Å². The first-order chi connectivity index (χ1) is 15.8. The number of morpholine rings is 1. The van der Waals surface area contributed by atoms with Gasteiger partial charge < -0.3 is 9.47 Å². The summed E-state index contributed by atoms with van der Waals surface area (Å²) in [5.41, 5.74) is 2.90. The van der Waals surface area contributed by atoms with Crippen molar-refractivity contribution in [1.29, 1.82) is 0 Å². The minimum atomic E-state index is -3.40. The van der Waals surface area contributed by atoms with Crippen LogP contribution in [0.4, 0.5) is 5.69 Å². The standard InChI is InChI=1S/C23H28N4O5S/c1-31-20-8-6-17(7-9-20)22-15-21(18-4-3-5-19(14-18)25-33(2,29)30)24-27(22)23(28)16-26-10-12-32-13-11-26/h3-9,14,22,25H,10-13,15-16H2,1-2H3/t22-/m0/s1. The smallest absolute Gasteiger partial charge is 0.257 e. The lowest BCUT2D eigenvalue weighted by Gasteiger charge is -2.29. The first-order valence-electron chi connectivity index (χ1n) is 10.7. The van der Waals surface area contributed by atoms with Gasteiger partial charge in [-0.3, -0.25) is 14.4 Å². The molecule has 10 heteroatoms. The van der Waals surface area contributed by atoms with Crippen molar-refractivity contribution in [1.82, 2.24) is 9.91 Å². The number of hydrazone groups is 1. The first kappa shape index (κ1) is 23.2. The number of hydrogen-bond acceptors (Lipinski definition) is 7. The van der Waals surface area contributed by atoms with Crippen LogP contribution in [0.3, 0.4) is 0 Å². The van der Waals surface area contributed by atoms with Crippen molar-refractivity contribution in [2.45, 2.75) is 12.5 Å². The maximum absolute atomic E-state index is 13.3. The largest absolute Gasteiger partial charge is 0.497 e. The number of sulfonamides is 1. The zero-order chi connectivity index (χ0) is 23.4. The predicted molar refractivity (Wildman–Crippen MR) is 126 cm³/mol. The topological polar surface area (TPSA) is 101 Å². The van der Waals surface area contributed by atoms with Crippen molar-refractivity contribution in [3.63, 3.8) is 0 Å². The summed E-state index contributed by atoms with van der Waals surface area (Å²) in [5, 5.41) is 6.25. The second kappa shape index (κ2) is 9.90. The second-order valence-corrected chi connectivity index (χ2v) is 9.87. The zero-order valence-electron chi connectivity index (χ0n) is 18.7. The van der Waals surface area contributed by atoms with E-state index in [1.165, 1.54) is 0 Å². The van der Waals surface area contributed by atoms with E-state index in [0.29, 0.717) is 38.4 Å². The Balaban J connectivity index is 1.61. The van der Waals surface area contributed by atoms with Crippen LogP contribution in [0, 0.1) is 0 Å². The summed E-state index contributed by atoms with van der Waals surface area (Å²) in [6, 6.07) is 14.4. The number of nitrogens with one attached hydrogen (secondary N) is 1. The lowest BCUT2D eigenvalue weighted by atomic mass is 9.98. The molecule has 0 spiro atoms. The van der Waals surface area contributed by atoms with Gasteiger partial charge in [0.05, 0.1) is 44.9 Å². The molecule has 2 aliphatic heterocycles. The highest BCUT2D eigenvalue weighted by Gasteiger charge is 2.34. The Morgan fingerprint density at radius 1 is 1.18 bits per heavy atom. The summed E-state index contributed by atoms with van der Waals surface area (Å²) in [6.07, 6.45) is 1.63. The maximum atomic E-state index is 13.3. The van der Waals surface area contributed by atoms with Crippen LogP contribution in [0.5, 0.6) is 5.75 Å². The fourth-order valence-electron chi connectivity index (χ4n) is 4.00. The molecule has 4 rings (SSSR count). The molecule has 33 heavy (non-hydrogen) atoms. The molecule has 1 N–H and O–H groups in total. The molecule has 1 fully saturated rings. The van der Waals surface area contributed by atoms with Crippen molar-refractivity contribution >= 4 is 27.3 Å². The van der Waals surface area contributed by atoms with Gasteiger partial charge in [-0.2, -0.15) is 5.10 Å². The summed E-state index contributed by atoms with van der Waals surface area (Å²) in [7, 11) is -1.79. The molecule has 1 saturated heterocycles. The SMILES string of the molecule is COc1ccc([C@@H]2CC(c3cccc(NS(C)(=O)=O)c3)=NN2C(=O)CN2CCOCC2)cc1. The lowest BCUT2D eigenvalue weighted by molar-refractivity contribution is -0.135. The summed E-state index contributed by atoms with van der Waals surface area (Å²) in [5.74, 6) is 0.654. The van der Waals surface area contributed by atoms with Gasteiger partial charge in [-0.1, -0.05) is 24.3 Å². The predicted octanol–water partition coefficient (Wildman–Crippen LogP) is 2.08. The minimum absolute atomic E-state index is 0.0851. The Bertz CT molecular complexity index is 1130. The van der Waals surface area contributed by atoms with E-state index in [1.807, 2.05) is 30.3 Å². The Kier molecular flexibility index (Phi) is 6.96. The third-order valence-corrected chi connectivity index (χ3v) is 6.23. The second-order valence-electron chi connectivity index (χ2n) is 8.12. The molecule has 0 radical (unpaired) electrons. The summed E-state index contributed by atoms with van der Waals surface area (Å²) < 4.78 is 36.4. The van der Waals surface area contributed by atoms with Crippen LogP contribution < -0.4 is 9.46 Å². The summed E-state index contributed by atoms with van der Waals surface area (Å²) in [4.78, 5) is 15.3. The number of anilines is 1. The van der Waals surface area contributed by atoms with Gasteiger partial charge in [-0.05, 0) is 35.4 Å². The fraction of sp³-hybridized carbons (Fsp3) is 0.391. The number of carbonyl (C=O) groups excluding carboxylic acids is 1. The van der Waals surface area contributed by atoms with Gasteiger partial charge in [-0.25, -0.2) is 13.4 Å². The molecular formula is C23H28N4O5S. The summed E-state index contributed by atoms with van der Waals surface area (Å²) in [6.45, 7) is 2.92. The molecule has 176 valence electrons. The number of carbonyl (C=O) groups is 1. The molecule has 1 amide bonds.